The summed E-state index contributed by atoms with van der Waals surface area (Å²) in [4.78, 5) is 9.45. The van der Waals surface area contributed by atoms with E-state index in [1.165, 1.54) is 18.2 Å². The SMILES string of the molecule is CCS(=O)(=O)CCn1cc(-c2cncc([C@@]34CC[C@@H](c5cc(-c6c(F)cccc6F)nnc53)C4C)n2)cn1. The molecule has 0 aliphatic heterocycles. The molecule has 2 bridgehead atoms. The minimum absolute atomic E-state index is 0.0204. The Balaban J connectivity index is 1.36. The van der Waals surface area contributed by atoms with Crippen molar-refractivity contribution in [2.24, 2.45) is 5.92 Å². The van der Waals surface area contributed by atoms with Crippen molar-refractivity contribution in [1.82, 2.24) is 29.9 Å². The molecule has 4 aromatic rings. The van der Waals surface area contributed by atoms with E-state index < -0.39 is 26.9 Å². The average molecular weight is 537 g/mol. The molecule has 0 spiro atoms. The number of fused-ring (bicyclic) bond motifs is 5. The van der Waals surface area contributed by atoms with Crippen LogP contribution in [0.4, 0.5) is 8.78 Å². The number of aromatic nitrogens is 6. The first-order valence-electron chi connectivity index (χ1n) is 12.6. The molecule has 1 unspecified atom stereocenters. The van der Waals surface area contributed by atoms with Gasteiger partial charge in [0.2, 0.25) is 0 Å². The van der Waals surface area contributed by atoms with Gasteiger partial charge in [0.1, 0.15) is 11.6 Å². The predicted molar refractivity (Wildman–Crippen MR) is 137 cm³/mol. The highest BCUT2D eigenvalue weighted by atomic mass is 32.2. The van der Waals surface area contributed by atoms with Crippen molar-refractivity contribution in [3.63, 3.8) is 0 Å². The van der Waals surface area contributed by atoms with Crippen molar-refractivity contribution in [3.8, 4) is 22.5 Å². The normalized spacial score (nSPS) is 22.1. The minimum atomic E-state index is -3.10. The predicted octanol–water partition coefficient (Wildman–Crippen LogP) is 4.32. The molecule has 0 amide bonds. The van der Waals surface area contributed by atoms with Crippen LogP contribution in [0.2, 0.25) is 0 Å². The van der Waals surface area contributed by atoms with E-state index >= 15 is 0 Å². The molecule has 3 atom stereocenters. The molecule has 38 heavy (non-hydrogen) atoms. The van der Waals surface area contributed by atoms with E-state index in [1.807, 2.05) is 0 Å². The maximum Gasteiger partial charge on any atom is 0.151 e. The van der Waals surface area contributed by atoms with E-state index in [2.05, 4.69) is 27.2 Å². The third kappa shape index (κ3) is 3.82. The Morgan fingerprint density at radius 2 is 1.89 bits per heavy atom. The fourth-order valence-electron chi connectivity index (χ4n) is 6.06. The van der Waals surface area contributed by atoms with E-state index in [1.54, 1.807) is 42.5 Å². The summed E-state index contributed by atoms with van der Waals surface area (Å²) in [6.07, 6.45) is 8.56. The van der Waals surface area contributed by atoms with Gasteiger partial charge in [0.05, 0.1) is 58.4 Å². The van der Waals surface area contributed by atoms with Crippen LogP contribution in [0.5, 0.6) is 0 Å². The Bertz CT molecular complexity index is 1640. The molecular weight excluding hydrogens is 510 g/mol. The van der Waals surface area contributed by atoms with Crippen LogP contribution in [-0.4, -0.2) is 49.9 Å². The van der Waals surface area contributed by atoms with Crippen LogP contribution >= 0.6 is 0 Å². The summed E-state index contributed by atoms with van der Waals surface area (Å²) < 4.78 is 54.3. The Kier molecular flexibility index (Phi) is 5.86. The maximum absolute atomic E-state index is 14.5. The van der Waals surface area contributed by atoms with Crippen molar-refractivity contribution >= 4 is 9.84 Å². The summed E-state index contributed by atoms with van der Waals surface area (Å²) in [5.41, 5.74) is 3.38. The highest BCUT2D eigenvalue weighted by Gasteiger charge is 2.58. The molecular formula is C27H26F2N6O2S. The Labute approximate surface area is 219 Å². The highest BCUT2D eigenvalue weighted by molar-refractivity contribution is 7.91. The van der Waals surface area contributed by atoms with Crippen LogP contribution in [-0.2, 0) is 21.8 Å². The van der Waals surface area contributed by atoms with Crippen LogP contribution in [0, 0.1) is 17.6 Å². The summed E-state index contributed by atoms with van der Waals surface area (Å²) in [5, 5.41) is 13.1. The summed E-state index contributed by atoms with van der Waals surface area (Å²) in [7, 11) is -3.10. The molecule has 2 aliphatic rings. The Morgan fingerprint density at radius 3 is 2.66 bits per heavy atom. The number of benzene rings is 1. The third-order valence-corrected chi connectivity index (χ3v) is 9.87. The van der Waals surface area contributed by atoms with Crippen LogP contribution in [0.25, 0.3) is 22.5 Å². The summed E-state index contributed by atoms with van der Waals surface area (Å²) in [6, 6.07) is 5.54. The van der Waals surface area contributed by atoms with Gasteiger partial charge in [-0.05, 0) is 48.4 Å². The maximum atomic E-state index is 14.5. The number of sulfone groups is 1. The molecule has 196 valence electrons. The van der Waals surface area contributed by atoms with Gasteiger partial charge in [-0.25, -0.2) is 22.2 Å². The monoisotopic (exact) mass is 536 g/mol. The van der Waals surface area contributed by atoms with Crippen LogP contribution in [0.15, 0.2) is 49.1 Å². The van der Waals surface area contributed by atoms with Gasteiger partial charge in [-0.2, -0.15) is 10.2 Å². The van der Waals surface area contributed by atoms with Gasteiger partial charge in [-0.1, -0.05) is 19.9 Å². The second-order valence-electron chi connectivity index (χ2n) is 10.1. The third-order valence-electron chi connectivity index (χ3n) is 8.19. The molecule has 3 heterocycles. The van der Waals surface area contributed by atoms with Gasteiger partial charge in [-0.3, -0.25) is 9.67 Å². The van der Waals surface area contributed by atoms with Crippen LogP contribution in [0.1, 0.15) is 49.6 Å². The first kappa shape index (κ1) is 24.7. The van der Waals surface area contributed by atoms with E-state index in [-0.39, 0.29) is 41.1 Å². The Morgan fingerprint density at radius 1 is 1.11 bits per heavy atom. The molecule has 6 rings (SSSR count). The fraction of sp³-hybridized carbons (Fsp3) is 0.370. The summed E-state index contributed by atoms with van der Waals surface area (Å²) in [5.74, 6) is -0.904. The van der Waals surface area contributed by atoms with Gasteiger partial charge in [-0.15, -0.1) is 5.10 Å². The smallest absolute Gasteiger partial charge is 0.151 e. The molecule has 2 aliphatic carbocycles. The van der Waals surface area contributed by atoms with Crippen LogP contribution in [0.3, 0.4) is 0 Å². The first-order valence-corrected chi connectivity index (χ1v) is 14.4. The highest BCUT2D eigenvalue weighted by Crippen LogP contribution is 2.62. The summed E-state index contributed by atoms with van der Waals surface area (Å²) in [6.45, 7) is 4.05. The molecule has 0 saturated heterocycles. The zero-order chi connectivity index (χ0) is 26.7. The number of nitrogens with zero attached hydrogens (tertiary/aromatic N) is 6. The zero-order valence-electron chi connectivity index (χ0n) is 21.0. The van der Waals surface area contributed by atoms with E-state index in [9.17, 15) is 17.2 Å². The van der Waals surface area contributed by atoms with Crippen molar-refractivity contribution in [3.05, 3.63) is 77.6 Å². The minimum Gasteiger partial charge on any atom is -0.271 e. The Hall–Kier alpha value is -3.60. The fourth-order valence-corrected chi connectivity index (χ4v) is 6.82. The number of aryl methyl sites for hydroxylation is 1. The van der Waals surface area contributed by atoms with Crippen LogP contribution < -0.4 is 0 Å². The lowest BCUT2D eigenvalue weighted by atomic mass is 9.76. The molecule has 1 aromatic carbocycles. The number of rotatable bonds is 7. The molecule has 1 fully saturated rings. The van der Waals surface area contributed by atoms with Gasteiger partial charge >= 0.3 is 0 Å². The number of hydrogen-bond acceptors (Lipinski definition) is 7. The largest absolute Gasteiger partial charge is 0.271 e. The average Bonchev–Trinajstić information content (AvgIpc) is 3.59. The van der Waals surface area contributed by atoms with E-state index in [0.29, 0.717) is 5.69 Å². The summed E-state index contributed by atoms with van der Waals surface area (Å²) >= 11 is 0. The molecule has 3 aromatic heterocycles. The molecule has 8 nitrogen and oxygen atoms in total. The van der Waals surface area contributed by atoms with Crippen molar-refractivity contribution < 1.29 is 17.2 Å². The first-order chi connectivity index (χ1) is 18.2. The van der Waals surface area contributed by atoms with Crippen molar-refractivity contribution in [2.75, 3.05) is 11.5 Å². The second kappa shape index (κ2) is 9.00. The second-order valence-corrected chi connectivity index (χ2v) is 12.5. The molecule has 0 radical (unpaired) electrons. The lowest BCUT2D eigenvalue weighted by Crippen LogP contribution is -2.31. The van der Waals surface area contributed by atoms with Gasteiger partial charge in [0.25, 0.3) is 0 Å². The lowest BCUT2D eigenvalue weighted by Gasteiger charge is -2.29. The standard InChI is InChI=1S/C27H26F2N6O2S/c1-3-38(36,37)10-9-35-15-17(12-31-35)23-13-30-14-24(32-23)27-8-7-18(16(27)2)19-11-22(33-34-26(19)27)25-20(28)5-4-6-21(25)29/h4-6,11-16,18H,3,7-10H2,1-2H3/t16?,18-,27+/m1/s1. The number of hydrogen-bond donors (Lipinski definition) is 0. The zero-order valence-corrected chi connectivity index (χ0v) is 21.8. The van der Waals surface area contributed by atoms with E-state index in [0.717, 1.165) is 35.4 Å². The molecule has 0 N–H and O–H groups in total. The van der Waals surface area contributed by atoms with Gasteiger partial charge < -0.3 is 0 Å². The topological polar surface area (TPSA) is 104 Å². The van der Waals surface area contributed by atoms with Gasteiger partial charge in [0, 0.05) is 23.7 Å². The quantitative estimate of drug-likeness (QED) is 0.346. The van der Waals surface area contributed by atoms with Gasteiger partial charge in [0.15, 0.2) is 9.84 Å². The molecule has 11 heteroatoms. The number of halogens is 2. The van der Waals surface area contributed by atoms with Crippen molar-refractivity contribution in [1.29, 1.82) is 0 Å². The lowest BCUT2D eigenvalue weighted by molar-refractivity contribution is 0.397. The van der Waals surface area contributed by atoms with Crippen molar-refractivity contribution in [2.45, 2.75) is 44.6 Å². The molecule has 1 saturated carbocycles. The van der Waals surface area contributed by atoms with E-state index in [4.69, 9.17) is 4.98 Å².